The van der Waals surface area contributed by atoms with Crippen LogP contribution in [0, 0.1) is 11.6 Å². The normalized spacial score (nSPS) is 21.2. The zero-order valence-electron chi connectivity index (χ0n) is 11.8. The van der Waals surface area contributed by atoms with E-state index in [9.17, 15) is 17.2 Å². The van der Waals surface area contributed by atoms with Crippen LogP contribution in [-0.2, 0) is 15.9 Å². The Hall–Kier alpha value is -0.720. The molecule has 0 aliphatic carbocycles. The van der Waals surface area contributed by atoms with Gasteiger partial charge in [0.15, 0.2) is 5.82 Å². The van der Waals surface area contributed by atoms with Crippen LogP contribution in [-0.4, -0.2) is 25.3 Å². The molecule has 1 aromatic carbocycles. The topological polar surface area (TPSA) is 37.4 Å². The first kappa shape index (κ1) is 16.6. The third kappa shape index (κ3) is 3.22. The minimum Gasteiger partial charge on any atom is -0.207 e. The van der Waals surface area contributed by atoms with Gasteiger partial charge < -0.3 is 0 Å². The van der Waals surface area contributed by atoms with Crippen LogP contribution >= 0.6 is 11.6 Å². The van der Waals surface area contributed by atoms with Crippen molar-refractivity contribution in [2.24, 2.45) is 0 Å². The Balaban J connectivity index is 2.48. The predicted molar refractivity (Wildman–Crippen MR) is 77.7 cm³/mol. The fourth-order valence-electron chi connectivity index (χ4n) is 2.63. The van der Waals surface area contributed by atoms with Crippen LogP contribution in [0.4, 0.5) is 8.78 Å². The molecule has 0 radical (unpaired) electrons. The molecule has 1 fully saturated rings. The van der Waals surface area contributed by atoms with Gasteiger partial charge in [-0.2, -0.15) is 4.31 Å². The monoisotopic (exact) mass is 337 g/mol. The molecule has 3 nitrogen and oxygen atoms in total. The number of nitrogens with zero attached hydrogens (tertiary/aromatic N) is 1. The summed E-state index contributed by atoms with van der Waals surface area (Å²) in [5, 5.41) is 0. The number of hydrogen-bond acceptors (Lipinski definition) is 2. The molecular formula is C14H18ClF2NO2S. The Bertz CT molecular complexity index is 622. The largest absolute Gasteiger partial charge is 0.246 e. The summed E-state index contributed by atoms with van der Waals surface area (Å²) in [6.45, 7) is 2.17. The van der Waals surface area contributed by atoms with Crippen LogP contribution in [0.2, 0.25) is 0 Å². The number of sulfonamides is 1. The molecule has 0 spiro atoms. The lowest BCUT2D eigenvalue weighted by Gasteiger charge is -2.26. The minimum atomic E-state index is -3.98. The fourth-order valence-corrected chi connectivity index (χ4v) is 4.67. The van der Waals surface area contributed by atoms with Gasteiger partial charge in [-0.3, -0.25) is 0 Å². The molecule has 0 bridgehead atoms. The first-order valence-electron chi connectivity index (χ1n) is 6.94. The quantitative estimate of drug-likeness (QED) is 0.789. The van der Waals surface area contributed by atoms with Gasteiger partial charge in [0, 0.05) is 18.2 Å². The van der Waals surface area contributed by atoms with Gasteiger partial charge in [0.25, 0.3) is 0 Å². The summed E-state index contributed by atoms with van der Waals surface area (Å²) in [5.74, 6) is -2.32. The van der Waals surface area contributed by atoms with Crippen LogP contribution < -0.4 is 0 Å². The van der Waals surface area contributed by atoms with Gasteiger partial charge >= 0.3 is 0 Å². The molecule has 1 aliphatic rings. The third-order valence-corrected chi connectivity index (χ3v) is 6.16. The molecule has 2 rings (SSSR count). The van der Waals surface area contributed by atoms with Crippen molar-refractivity contribution in [3.63, 3.8) is 0 Å². The second-order valence-corrected chi connectivity index (χ2v) is 7.41. The van der Waals surface area contributed by atoms with Crippen molar-refractivity contribution in [1.29, 1.82) is 0 Å². The summed E-state index contributed by atoms with van der Waals surface area (Å²) in [7, 11) is -3.98. The number of benzene rings is 1. The average Bonchev–Trinajstić information content (AvgIpc) is 2.64. The number of alkyl halides is 1. The SMILES string of the molecule is CC1CCCCCN1S(=O)(=O)c1ccc(F)c(CCl)c1F. The van der Waals surface area contributed by atoms with E-state index in [0.717, 1.165) is 37.8 Å². The maximum atomic E-state index is 14.3. The van der Waals surface area contributed by atoms with E-state index >= 15 is 0 Å². The van der Waals surface area contributed by atoms with Gasteiger partial charge in [-0.1, -0.05) is 12.8 Å². The lowest BCUT2D eigenvalue weighted by Crippen LogP contribution is -2.38. The van der Waals surface area contributed by atoms with Crippen LogP contribution in [0.25, 0.3) is 0 Å². The van der Waals surface area contributed by atoms with Gasteiger partial charge in [-0.15, -0.1) is 11.6 Å². The van der Waals surface area contributed by atoms with Crippen molar-refractivity contribution < 1.29 is 17.2 Å². The van der Waals surface area contributed by atoms with E-state index in [2.05, 4.69) is 0 Å². The predicted octanol–water partition coefficient (Wildman–Crippen LogP) is 3.66. The lowest BCUT2D eigenvalue weighted by molar-refractivity contribution is 0.340. The second-order valence-electron chi connectivity index (χ2n) is 5.29. The molecular weight excluding hydrogens is 320 g/mol. The van der Waals surface area contributed by atoms with Gasteiger partial charge in [-0.25, -0.2) is 17.2 Å². The molecule has 1 aromatic rings. The number of halogens is 3. The highest BCUT2D eigenvalue weighted by Gasteiger charge is 2.33. The molecule has 21 heavy (non-hydrogen) atoms. The Kier molecular flexibility index (Phi) is 5.22. The molecule has 118 valence electrons. The summed E-state index contributed by atoms with van der Waals surface area (Å²) in [6, 6.07) is 1.74. The first-order valence-corrected chi connectivity index (χ1v) is 8.91. The Labute approximate surface area is 129 Å². The van der Waals surface area contributed by atoms with Gasteiger partial charge in [-0.05, 0) is 31.9 Å². The van der Waals surface area contributed by atoms with Crippen LogP contribution in [0.1, 0.15) is 38.2 Å². The maximum absolute atomic E-state index is 14.3. The van der Waals surface area contributed by atoms with Gasteiger partial charge in [0.2, 0.25) is 10.0 Å². The number of hydrogen-bond donors (Lipinski definition) is 0. The van der Waals surface area contributed by atoms with Crippen LogP contribution in [0.5, 0.6) is 0 Å². The van der Waals surface area contributed by atoms with Crippen LogP contribution in [0.15, 0.2) is 17.0 Å². The molecule has 1 unspecified atom stereocenters. The Morgan fingerprint density at radius 2 is 2.00 bits per heavy atom. The summed E-state index contributed by atoms with van der Waals surface area (Å²) < 4.78 is 54.4. The van der Waals surface area contributed by atoms with Crippen molar-refractivity contribution in [2.45, 2.75) is 49.4 Å². The van der Waals surface area contributed by atoms with E-state index in [0.29, 0.717) is 6.54 Å². The van der Waals surface area contributed by atoms with Crippen molar-refractivity contribution in [3.8, 4) is 0 Å². The molecule has 0 saturated carbocycles. The highest BCUT2D eigenvalue weighted by Crippen LogP contribution is 2.28. The van der Waals surface area contributed by atoms with E-state index in [4.69, 9.17) is 11.6 Å². The van der Waals surface area contributed by atoms with E-state index < -0.39 is 38.0 Å². The molecule has 0 amide bonds. The fraction of sp³-hybridized carbons (Fsp3) is 0.571. The Morgan fingerprint density at radius 1 is 1.29 bits per heavy atom. The smallest absolute Gasteiger partial charge is 0.207 e. The molecule has 1 heterocycles. The van der Waals surface area contributed by atoms with E-state index in [-0.39, 0.29) is 6.04 Å². The van der Waals surface area contributed by atoms with E-state index in [1.807, 2.05) is 6.92 Å². The highest BCUT2D eigenvalue weighted by molar-refractivity contribution is 7.89. The van der Waals surface area contributed by atoms with Crippen molar-refractivity contribution >= 4 is 21.6 Å². The van der Waals surface area contributed by atoms with Gasteiger partial charge in [0.05, 0.1) is 5.88 Å². The molecule has 1 saturated heterocycles. The standard InChI is InChI=1S/C14H18ClF2NO2S/c1-10-5-3-2-4-8-18(10)21(19,20)13-7-6-12(16)11(9-15)14(13)17/h6-7,10H,2-5,8-9H2,1H3. The lowest BCUT2D eigenvalue weighted by atomic mass is 10.1. The summed E-state index contributed by atoms with van der Waals surface area (Å²) in [4.78, 5) is -0.492. The van der Waals surface area contributed by atoms with Crippen molar-refractivity contribution in [1.82, 2.24) is 4.31 Å². The zero-order valence-corrected chi connectivity index (χ0v) is 13.4. The van der Waals surface area contributed by atoms with Crippen molar-refractivity contribution in [2.75, 3.05) is 6.54 Å². The molecule has 7 heteroatoms. The Morgan fingerprint density at radius 3 is 2.67 bits per heavy atom. The zero-order chi connectivity index (χ0) is 15.6. The third-order valence-electron chi connectivity index (χ3n) is 3.86. The van der Waals surface area contributed by atoms with Crippen LogP contribution in [0.3, 0.4) is 0 Å². The summed E-state index contributed by atoms with van der Waals surface area (Å²) >= 11 is 5.51. The minimum absolute atomic E-state index is 0.193. The van der Waals surface area contributed by atoms with E-state index in [1.165, 1.54) is 4.31 Å². The molecule has 0 aromatic heterocycles. The first-order chi connectivity index (χ1) is 9.89. The van der Waals surface area contributed by atoms with E-state index in [1.54, 1.807) is 0 Å². The summed E-state index contributed by atoms with van der Waals surface area (Å²) in [5.41, 5.74) is -0.403. The number of rotatable bonds is 3. The summed E-state index contributed by atoms with van der Waals surface area (Å²) in [6.07, 6.45) is 3.39. The van der Waals surface area contributed by atoms with Gasteiger partial charge in [0.1, 0.15) is 10.7 Å². The molecule has 1 atom stereocenters. The average molecular weight is 338 g/mol. The second kappa shape index (κ2) is 6.58. The molecule has 1 aliphatic heterocycles. The maximum Gasteiger partial charge on any atom is 0.246 e. The highest BCUT2D eigenvalue weighted by atomic mass is 35.5. The molecule has 0 N–H and O–H groups in total. The van der Waals surface area contributed by atoms with Crippen molar-refractivity contribution in [3.05, 3.63) is 29.3 Å².